The molecule has 33 heteroatoms. The lowest BCUT2D eigenvalue weighted by Crippen LogP contribution is -2.17. The molecule has 0 saturated heterocycles. The van der Waals surface area contributed by atoms with Crippen LogP contribution < -0.4 is 31.9 Å². The number of benzene rings is 4. The molecular formula is C73H55ClF6N24O2. The van der Waals surface area contributed by atoms with E-state index in [4.69, 9.17) is 11.6 Å². The zero-order valence-electron chi connectivity index (χ0n) is 55.5. The molecule has 0 fully saturated rings. The molecule has 26 nitrogen and oxygen atoms in total. The minimum atomic E-state index is -4.93. The van der Waals surface area contributed by atoms with E-state index in [2.05, 4.69) is 117 Å². The maximum absolute atomic E-state index is 13.4. The first-order valence-corrected chi connectivity index (χ1v) is 32.2. The van der Waals surface area contributed by atoms with Crippen LogP contribution in [-0.4, -0.2) is 116 Å². The highest BCUT2D eigenvalue weighted by molar-refractivity contribution is 6.35. The summed E-state index contributed by atoms with van der Waals surface area (Å²) < 4.78 is 78.9. The number of hydrogen-bond donors (Lipinski definition) is 10. The Morgan fingerprint density at radius 1 is 0.415 bits per heavy atom. The van der Waals surface area contributed by atoms with Gasteiger partial charge < -0.3 is 51.8 Å². The van der Waals surface area contributed by atoms with E-state index in [-0.39, 0.29) is 23.5 Å². The number of fused-ring (bicyclic) bond motifs is 4. The van der Waals surface area contributed by atoms with E-state index >= 15 is 0 Å². The summed E-state index contributed by atoms with van der Waals surface area (Å²) in [6.45, 7) is 1.99. The zero-order chi connectivity index (χ0) is 73.9. The number of aryl methyl sites for hydroxylation is 1. The SMILES string of the molecule is CNC(=O)c1c[nH]c2ccc(Nc3nccc(-c4ccccn4)n3)cc12.CNC(=O)c1cc2cc(Nc3nccc(-c4ccccn4)n3)cc(C)c2[nH]1.Clc1cc(Nc2nccc(-c3ccccn3)n2)cc2[nH]cnc12.FC(F)(F)c1nc2c(C(F)(F)F)cc(Nc3nccc(-c4ccccn4)n3)cc2[nH]1. The number of amides is 2. The number of carbonyl (C=O) groups is 2. The number of rotatable bonds is 14. The van der Waals surface area contributed by atoms with Crippen LogP contribution in [-0.2, 0) is 12.4 Å². The maximum Gasteiger partial charge on any atom is 0.449 e. The van der Waals surface area contributed by atoms with Crippen molar-refractivity contribution in [2.24, 2.45) is 0 Å². The van der Waals surface area contributed by atoms with Crippen molar-refractivity contribution >= 4 is 114 Å². The summed E-state index contributed by atoms with van der Waals surface area (Å²) in [7, 11) is 3.22. The van der Waals surface area contributed by atoms with E-state index in [1.165, 1.54) is 6.20 Å². The van der Waals surface area contributed by atoms with Crippen LogP contribution in [0.2, 0.25) is 5.02 Å². The van der Waals surface area contributed by atoms with Gasteiger partial charge >= 0.3 is 12.4 Å². The van der Waals surface area contributed by atoms with Crippen molar-refractivity contribution in [3.8, 4) is 45.6 Å². The fraction of sp³-hybridized carbons (Fsp3) is 0.0685. The Morgan fingerprint density at radius 2 is 0.896 bits per heavy atom. The van der Waals surface area contributed by atoms with Crippen molar-refractivity contribution in [2.75, 3.05) is 35.4 Å². The van der Waals surface area contributed by atoms with Crippen LogP contribution >= 0.6 is 11.6 Å². The average Bonchev–Trinajstić information content (AvgIpc) is 1.58. The Morgan fingerprint density at radius 3 is 1.37 bits per heavy atom. The van der Waals surface area contributed by atoms with Crippen LogP contribution in [0.1, 0.15) is 37.8 Å². The third kappa shape index (κ3) is 16.7. The molecule has 0 radical (unpaired) electrons. The molecule has 528 valence electrons. The van der Waals surface area contributed by atoms with Crippen LogP contribution in [0.25, 0.3) is 89.4 Å². The predicted molar refractivity (Wildman–Crippen MR) is 389 cm³/mol. The number of H-pyrrole nitrogens is 4. The minimum Gasteiger partial charge on any atom is -0.360 e. The third-order valence-electron chi connectivity index (χ3n) is 15.5. The fourth-order valence-corrected chi connectivity index (χ4v) is 11.0. The van der Waals surface area contributed by atoms with Crippen LogP contribution in [0.5, 0.6) is 0 Å². The lowest BCUT2D eigenvalue weighted by Gasteiger charge is -2.11. The topological polar surface area (TPSA) is 350 Å². The normalized spacial score (nSPS) is 11.2. The van der Waals surface area contributed by atoms with Crippen molar-refractivity contribution in [1.29, 1.82) is 0 Å². The van der Waals surface area contributed by atoms with E-state index in [1.807, 2.05) is 127 Å². The lowest BCUT2D eigenvalue weighted by molar-refractivity contribution is -0.144. The number of aromatic amines is 4. The molecule has 106 heavy (non-hydrogen) atoms. The van der Waals surface area contributed by atoms with Crippen molar-refractivity contribution < 1.29 is 35.9 Å². The summed E-state index contributed by atoms with van der Waals surface area (Å²) in [5, 5.41) is 19.8. The van der Waals surface area contributed by atoms with Crippen LogP contribution in [0.3, 0.4) is 0 Å². The molecule has 12 aromatic heterocycles. The molecule has 10 N–H and O–H groups in total. The minimum absolute atomic E-state index is 0.0545. The summed E-state index contributed by atoms with van der Waals surface area (Å²) in [5.41, 5.74) is 10.7. The second kappa shape index (κ2) is 31.0. The van der Waals surface area contributed by atoms with Gasteiger partial charge in [0.25, 0.3) is 11.8 Å². The quantitative estimate of drug-likeness (QED) is 0.0452. The number of alkyl halides is 6. The van der Waals surface area contributed by atoms with Gasteiger partial charge in [0.1, 0.15) is 16.7 Å². The molecule has 0 spiro atoms. The monoisotopic (exact) mass is 1450 g/mol. The van der Waals surface area contributed by atoms with Crippen LogP contribution in [0.15, 0.2) is 220 Å². The largest absolute Gasteiger partial charge is 0.449 e. The summed E-state index contributed by atoms with van der Waals surface area (Å²) in [4.78, 5) is 93.7. The highest BCUT2D eigenvalue weighted by atomic mass is 35.5. The van der Waals surface area contributed by atoms with E-state index in [0.29, 0.717) is 51.6 Å². The molecule has 16 aromatic rings. The highest BCUT2D eigenvalue weighted by Crippen LogP contribution is 2.39. The molecule has 0 aliphatic carbocycles. The first-order valence-electron chi connectivity index (χ1n) is 31.8. The maximum atomic E-state index is 13.4. The molecule has 0 bridgehead atoms. The molecule has 12 heterocycles. The van der Waals surface area contributed by atoms with Gasteiger partial charge in [0, 0.05) is 114 Å². The number of carbonyl (C=O) groups excluding carboxylic acids is 2. The van der Waals surface area contributed by atoms with E-state index in [0.717, 1.165) is 95.7 Å². The van der Waals surface area contributed by atoms with Gasteiger partial charge in [0.05, 0.1) is 79.1 Å². The summed E-state index contributed by atoms with van der Waals surface area (Å²) in [6, 6.07) is 46.1. The molecule has 0 saturated carbocycles. The Hall–Kier alpha value is -14.2. The van der Waals surface area contributed by atoms with Gasteiger partial charge in [-0.3, -0.25) is 29.5 Å². The van der Waals surface area contributed by atoms with E-state index < -0.39 is 34.8 Å². The fourth-order valence-electron chi connectivity index (χ4n) is 10.7. The molecular weight excluding hydrogens is 1390 g/mol. The smallest absolute Gasteiger partial charge is 0.360 e. The van der Waals surface area contributed by atoms with Crippen LogP contribution in [0.4, 0.5) is 72.9 Å². The number of aromatic nitrogens is 18. The van der Waals surface area contributed by atoms with E-state index in [1.54, 1.807) is 100 Å². The standard InChI is InChI=1S/C20H18N6O.C19H16N6O.C18H10F6N6.C16H11ClN6/c1-12-9-14(10-13-11-17(19(27)21-2)25-18(12)13)24-20-23-8-6-16(26-20)15-5-3-4-7-22-15;1-20-18(26)14-11-23-15-6-5-12(10-13(14)15)24-19-22-9-7-17(25-19)16-4-2-3-8-21-16;19-17(20,21)10-7-9(8-13-14(10)30-15(28-13)18(22,23)24)27-16-26-6-4-12(29-16)11-3-1-2-5-25-11;17-11-7-10(8-14-15(11)21-9-20-14)22-16-19-6-4-13(23-16)12-3-1-2-5-18-12/h3-11,25H,1-2H3,(H,21,27)(H,23,24,26);2-11,23H,1H3,(H,20,26)(H,22,24,25);1-8H,(H,28,30)(H,26,27,29);1-9H,(H,20,21)(H,19,22,23). The zero-order valence-corrected chi connectivity index (χ0v) is 56.3. The molecule has 0 aliphatic heterocycles. The highest BCUT2D eigenvalue weighted by Gasteiger charge is 2.39. The van der Waals surface area contributed by atoms with Gasteiger partial charge in [-0.15, -0.1) is 0 Å². The van der Waals surface area contributed by atoms with Crippen molar-refractivity contribution in [3.63, 3.8) is 0 Å². The molecule has 0 unspecified atom stereocenters. The number of hydrogen-bond acceptors (Lipinski definition) is 20. The van der Waals surface area contributed by atoms with Crippen molar-refractivity contribution in [1.82, 2.24) is 100 Å². The van der Waals surface area contributed by atoms with Crippen molar-refractivity contribution in [2.45, 2.75) is 19.3 Å². The molecule has 0 atom stereocenters. The van der Waals surface area contributed by atoms with Crippen LogP contribution in [0, 0.1) is 6.92 Å². The second-order valence-corrected chi connectivity index (χ2v) is 23.1. The summed E-state index contributed by atoms with van der Waals surface area (Å²) in [6.07, 6.45) is 6.65. The van der Waals surface area contributed by atoms with Gasteiger partial charge in [0.15, 0.2) is 0 Å². The number of pyridine rings is 4. The van der Waals surface area contributed by atoms with Gasteiger partial charge in [-0.2, -0.15) is 26.3 Å². The molecule has 0 aliphatic rings. The average molecular weight is 1450 g/mol. The molecule has 4 aromatic carbocycles. The summed E-state index contributed by atoms with van der Waals surface area (Å²) >= 11 is 6.22. The van der Waals surface area contributed by atoms with Crippen molar-refractivity contribution in [3.05, 3.63) is 253 Å². The van der Waals surface area contributed by atoms with Gasteiger partial charge in [0.2, 0.25) is 29.6 Å². The number of imidazole rings is 2. The second-order valence-electron chi connectivity index (χ2n) is 22.7. The Labute approximate surface area is 600 Å². The Kier molecular flexibility index (Phi) is 20.5. The van der Waals surface area contributed by atoms with Gasteiger partial charge in [-0.1, -0.05) is 35.9 Å². The first kappa shape index (κ1) is 70.3. The number of anilines is 8. The summed E-state index contributed by atoms with van der Waals surface area (Å²) in [5.74, 6) is -0.436. The van der Waals surface area contributed by atoms with Gasteiger partial charge in [-0.05, 0) is 146 Å². The number of halogens is 7. The first-order chi connectivity index (χ1) is 51.3. The number of nitrogens with one attached hydrogen (secondary N) is 10. The van der Waals surface area contributed by atoms with E-state index in [9.17, 15) is 35.9 Å². The molecule has 16 rings (SSSR count). The Balaban J connectivity index is 0.000000126. The Bertz CT molecular complexity index is 5790. The number of nitrogens with zero attached hydrogens (tertiary/aromatic N) is 14. The lowest BCUT2D eigenvalue weighted by atomic mass is 10.1. The predicted octanol–water partition coefficient (Wildman–Crippen LogP) is 15.6. The third-order valence-corrected chi connectivity index (χ3v) is 15.8. The van der Waals surface area contributed by atoms with Gasteiger partial charge in [-0.25, -0.2) is 49.8 Å². The molecule has 2 amide bonds.